The first-order chi connectivity index (χ1) is 11.5. The lowest BCUT2D eigenvalue weighted by Gasteiger charge is -2.28. The number of aryl methyl sites for hydroxylation is 1. The summed E-state index contributed by atoms with van der Waals surface area (Å²) >= 11 is 1.28. The number of piperidine rings is 1. The van der Waals surface area contributed by atoms with Gasteiger partial charge in [-0.3, -0.25) is 9.59 Å². The Labute approximate surface area is 156 Å². The molecule has 0 aliphatic carbocycles. The van der Waals surface area contributed by atoms with Gasteiger partial charge in [0.2, 0.25) is 0 Å². The number of halogens is 1. The van der Waals surface area contributed by atoms with Gasteiger partial charge in [0.05, 0.1) is 16.1 Å². The minimum absolute atomic E-state index is 0. The highest BCUT2D eigenvalue weighted by molar-refractivity contribution is 7.18. The topological polar surface area (TPSA) is 83.4 Å². The summed E-state index contributed by atoms with van der Waals surface area (Å²) in [6.45, 7) is 4.91. The van der Waals surface area contributed by atoms with Crippen LogP contribution >= 0.6 is 23.7 Å². The number of nitrogens with one attached hydrogen (secondary N) is 3. The van der Waals surface area contributed by atoms with E-state index in [1.54, 1.807) is 12.1 Å². The fraction of sp³-hybridized carbons (Fsp3) is 0.412. The van der Waals surface area contributed by atoms with Crippen LogP contribution in [-0.2, 0) is 0 Å². The molecule has 0 bridgehead atoms. The number of carbonyl (C=O) groups is 2. The fourth-order valence-corrected chi connectivity index (χ4v) is 3.84. The van der Waals surface area contributed by atoms with Gasteiger partial charge in [-0.15, -0.1) is 23.7 Å². The van der Waals surface area contributed by atoms with Crippen molar-refractivity contribution in [2.24, 2.45) is 0 Å². The van der Waals surface area contributed by atoms with Crippen molar-refractivity contribution in [1.29, 1.82) is 0 Å². The van der Waals surface area contributed by atoms with E-state index in [4.69, 9.17) is 4.42 Å². The molecule has 2 unspecified atom stereocenters. The lowest BCUT2D eigenvalue weighted by atomic mass is 10.0. The van der Waals surface area contributed by atoms with E-state index in [-0.39, 0.29) is 36.0 Å². The molecule has 1 fully saturated rings. The second-order valence-corrected chi connectivity index (χ2v) is 7.16. The molecular formula is C17H22ClN3O3S. The van der Waals surface area contributed by atoms with Crippen LogP contribution in [0, 0.1) is 6.92 Å². The highest BCUT2D eigenvalue weighted by Crippen LogP contribution is 2.27. The van der Waals surface area contributed by atoms with Gasteiger partial charge in [0, 0.05) is 12.1 Å². The van der Waals surface area contributed by atoms with Gasteiger partial charge < -0.3 is 20.4 Å². The molecule has 0 spiro atoms. The van der Waals surface area contributed by atoms with Crippen molar-refractivity contribution in [1.82, 2.24) is 10.6 Å². The molecule has 25 heavy (non-hydrogen) atoms. The lowest BCUT2D eigenvalue weighted by molar-refractivity contribution is 0.0928. The Morgan fingerprint density at radius 2 is 2.16 bits per heavy atom. The molecule has 1 aliphatic heterocycles. The summed E-state index contributed by atoms with van der Waals surface area (Å²) in [5.74, 6) is -0.147. The van der Waals surface area contributed by atoms with E-state index in [0.29, 0.717) is 15.9 Å². The van der Waals surface area contributed by atoms with E-state index in [9.17, 15) is 9.59 Å². The molecule has 6 nitrogen and oxygen atoms in total. The number of rotatable bonds is 4. The molecule has 3 N–H and O–H groups in total. The molecule has 1 aliphatic rings. The maximum Gasteiger partial charge on any atom is 0.291 e. The molecule has 2 atom stereocenters. The summed E-state index contributed by atoms with van der Waals surface area (Å²) in [4.78, 5) is 25.2. The SMILES string of the molecule is Cc1cc(NC(=O)c2ccco2)sc1C(=O)NC1CCNC(C)C1.Cl. The molecular weight excluding hydrogens is 362 g/mol. The third-order valence-corrected chi connectivity index (χ3v) is 5.22. The van der Waals surface area contributed by atoms with Crippen LogP contribution in [0.3, 0.4) is 0 Å². The van der Waals surface area contributed by atoms with Crippen molar-refractivity contribution in [2.75, 3.05) is 11.9 Å². The van der Waals surface area contributed by atoms with Crippen molar-refractivity contribution in [2.45, 2.75) is 38.8 Å². The van der Waals surface area contributed by atoms with Crippen LogP contribution in [-0.4, -0.2) is 30.4 Å². The lowest BCUT2D eigenvalue weighted by Crippen LogP contribution is -2.46. The summed E-state index contributed by atoms with van der Waals surface area (Å²) in [7, 11) is 0. The molecule has 136 valence electrons. The number of amides is 2. The minimum Gasteiger partial charge on any atom is -0.459 e. The summed E-state index contributed by atoms with van der Waals surface area (Å²) < 4.78 is 5.07. The number of anilines is 1. The second-order valence-electron chi connectivity index (χ2n) is 6.10. The standard InChI is InChI=1S/C17H21N3O3S.ClH/c1-10-8-14(20-16(21)13-4-3-7-23-13)24-15(10)17(22)19-12-5-6-18-11(2)9-12;/h3-4,7-8,11-12,18H,5-6,9H2,1-2H3,(H,19,22)(H,20,21);1H. The average molecular weight is 384 g/mol. The van der Waals surface area contributed by atoms with E-state index in [2.05, 4.69) is 22.9 Å². The van der Waals surface area contributed by atoms with Crippen LogP contribution in [0.25, 0.3) is 0 Å². The van der Waals surface area contributed by atoms with Gasteiger partial charge in [-0.2, -0.15) is 0 Å². The second kappa shape index (κ2) is 8.51. The van der Waals surface area contributed by atoms with Crippen LogP contribution in [0.2, 0.25) is 0 Å². The predicted molar refractivity (Wildman–Crippen MR) is 101 cm³/mol. The highest BCUT2D eigenvalue weighted by Gasteiger charge is 2.22. The minimum atomic E-state index is -0.319. The Morgan fingerprint density at radius 1 is 1.36 bits per heavy atom. The molecule has 2 aromatic heterocycles. The Kier molecular flexibility index (Phi) is 6.64. The van der Waals surface area contributed by atoms with Crippen LogP contribution < -0.4 is 16.0 Å². The Hall–Kier alpha value is -1.83. The molecule has 8 heteroatoms. The van der Waals surface area contributed by atoms with E-state index in [1.807, 2.05) is 13.0 Å². The monoisotopic (exact) mass is 383 g/mol. The average Bonchev–Trinajstić information content (AvgIpc) is 3.17. The summed E-state index contributed by atoms with van der Waals surface area (Å²) in [6, 6.07) is 5.67. The molecule has 0 saturated carbocycles. The first kappa shape index (κ1) is 19.5. The molecule has 2 aromatic rings. The number of thiophene rings is 1. The molecule has 0 aromatic carbocycles. The van der Waals surface area contributed by atoms with Gasteiger partial charge >= 0.3 is 0 Å². The number of hydrogen-bond donors (Lipinski definition) is 3. The van der Waals surface area contributed by atoms with Crippen LogP contribution in [0.4, 0.5) is 5.00 Å². The maximum absolute atomic E-state index is 12.5. The van der Waals surface area contributed by atoms with E-state index in [1.165, 1.54) is 17.6 Å². The molecule has 2 amide bonds. The van der Waals surface area contributed by atoms with Gasteiger partial charge in [0.15, 0.2) is 5.76 Å². The molecule has 3 rings (SSSR count). The summed E-state index contributed by atoms with van der Waals surface area (Å²) in [5, 5.41) is 9.87. The number of hydrogen-bond acceptors (Lipinski definition) is 5. The number of furan rings is 1. The summed E-state index contributed by atoms with van der Waals surface area (Å²) in [6.07, 6.45) is 3.31. The molecule has 0 radical (unpaired) electrons. The predicted octanol–water partition coefficient (Wildman–Crippen LogP) is 3.19. The van der Waals surface area contributed by atoms with Crippen molar-refractivity contribution in [3.8, 4) is 0 Å². The largest absolute Gasteiger partial charge is 0.459 e. The zero-order valence-corrected chi connectivity index (χ0v) is 15.8. The molecule has 3 heterocycles. The van der Waals surface area contributed by atoms with Crippen molar-refractivity contribution in [3.63, 3.8) is 0 Å². The number of carbonyl (C=O) groups excluding carboxylic acids is 2. The highest BCUT2D eigenvalue weighted by atomic mass is 35.5. The van der Waals surface area contributed by atoms with Gasteiger partial charge in [0.1, 0.15) is 0 Å². The first-order valence-corrected chi connectivity index (χ1v) is 8.84. The van der Waals surface area contributed by atoms with E-state index < -0.39 is 0 Å². The van der Waals surface area contributed by atoms with E-state index in [0.717, 1.165) is 24.9 Å². The Balaban J connectivity index is 0.00000225. The third kappa shape index (κ3) is 4.84. The maximum atomic E-state index is 12.5. The fourth-order valence-electron chi connectivity index (χ4n) is 2.86. The zero-order valence-electron chi connectivity index (χ0n) is 14.1. The summed E-state index contributed by atoms with van der Waals surface area (Å²) in [5.41, 5.74) is 0.856. The Bertz CT molecular complexity index is 730. The van der Waals surface area contributed by atoms with Gasteiger partial charge in [-0.05, 0) is 57.0 Å². The van der Waals surface area contributed by atoms with Crippen molar-refractivity contribution >= 4 is 40.6 Å². The smallest absolute Gasteiger partial charge is 0.291 e. The van der Waals surface area contributed by atoms with Gasteiger partial charge in [-0.25, -0.2) is 0 Å². The normalized spacial score (nSPS) is 19.8. The third-order valence-electron chi connectivity index (χ3n) is 4.06. The van der Waals surface area contributed by atoms with Crippen molar-refractivity contribution in [3.05, 3.63) is 40.7 Å². The first-order valence-electron chi connectivity index (χ1n) is 8.02. The van der Waals surface area contributed by atoms with Crippen LogP contribution in [0.1, 0.15) is 45.6 Å². The van der Waals surface area contributed by atoms with Crippen LogP contribution in [0.15, 0.2) is 28.9 Å². The zero-order chi connectivity index (χ0) is 17.1. The van der Waals surface area contributed by atoms with Crippen LogP contribution in [0.5, 0.6) is 0 Å². The van der Waals surface area contributed by atoms with Gasteiger partial charge in [-0.1, -0.05) is 0 Å². The van der Waals surface area contributed by atoms with Gasteiger partial charge in [0.25, 0.3) is 11.8 Å². The quantitative estimate of drug-likeness (QED) is 0.757. The van der Waals surface area contributed by atoms with Crippen molar-refractivity contribution < 1.29 is 14.0 Å². The van der Waals surface area contributed by atoms with E-state index >= 15 is 0 Å². The Morgan fingerprint density at radius 3 is 2.84 bits per heavy atom. The molecule has 1 saturated heterocycles.